The summed E-state index contributed by atoms with van der Waals surface area (Å²) >= 11 is 0. The number of rotatable bonds is 8. The highest BCUT2D eigenvalue weighted by molar-refractivity contribution is 6.24. The molecular formula is C27H24N4O5. The van der Waals surface area contributed by atoms with Crippen molar-refractivity contribution in [2.45, 2.75) is 19.5 Å². The Morgan fingerprint density at radius 2 is 1.81 bits per heavy atom. The number of benzene rings is 3. The molecule has 3 aromatic carbocycles. The first-order valence-electron chi connectivity index (χ1n) is 11.3. The van der Waals surface area contributed by atoms with Crippen LogP contribution in [-0.2, 0) is 6.54 Å². The predicted octanol–water partition coefficient (Wildman–Crippen LogP) is 4.28. The minimum absolute atomic E-state index is 0.0381. The number of imide groups is 1. The van der Waals surface area contributed by atoms with Gasteiger partial charge in [0, 0.05) is 6.54 Å². The molecular weight excluding hydrogens is 460 g/mol. The molecule has 0 aliphatic carbocycles. The van der Waals surface area contributed by atoms with Gasteiger partial charge in [-0.3, -0.25) is 14.5 Å². The van der Waals surface area contributed by atoms with Gasteiger partial charge in [-0.1, -0.05) is 42.5 Å². The van der Waals surface area contributed by atoms with Crippen LogP contribution in [0, 0.1) is 11.3 Å². The van der Waals surface area contributed by atoms with Crippen molar-refractivity contribution in [3.05, 3.63) is 89.0 Å². The molecule has 182 valence electrons. The summed E-state index contributed by atoms with van der Waals surface area (Å²) in [7, 11) is 1.49. The average molecular weight is 485 g/mol. The Bertz CT molecular complexity index is 1350. The largest absolute Gasteiger partial charge is 0.493 e. The SMILES string of the molecule is CCOc1cc(C(C#N)N2C(=O)c3cccc(NC(=O)NCc4ccccc4)c3C2=O)ccc1OC. The second-order valence-corrected chi connectivity index (χ2v) is 7.88. The van der Waals surface area contributed by atoms with Crippen molar-refractivity contribution in [3.8, 4) is 17.6 Å². The van der Waals surface area contributed by atoms with Gasteiger partial charge < -0.3 is 20.1 Å². The topological polar surface area (TPSA) is 121 Å². The maximum Gasteiger partial charge on any atom is 0.319 e. The Morgan fingerprint density at radius 1 is 1.03 bits per heavy atom. The van der Waals surface area contributed by atoms with Gasteiger partial charge in [-0.15, -0.1) is 0 Å². The van der Waals surface area contributed by atoms with Gasteiger partial charge in [0.05, 0.1) is 36.6 Å². The van der Waals surface area contributed by atoms with Crippen LogP contribution in [0.5, 0.6) is 11.5 Å². The number of ether oxygens (including phenoxy) is 2. The third-order valence-electron chi connectivity index (χ3n) is 5.67. The summed E-state index contributed by atoms with van der Waals surface area (Å²) < 4.78 is 10.9. The number of nitrogens with zero attached hydrogens (tertiary/aromatic N) is 2. The molecule has 1 unspecified atom stereocenters. The van der Waals surface area contributed by atoms with Gasteiger partial charge in [-0.05, 0) is 42.3 Å². The molecule has 9 nitrogen and oxygen atoms in total. The summed E-state index contributed by atoms with van der Waals surface area (Å²) in [6, 6.07) is 19.1. The summed E-state index contributed by atoms with van der Waals surface area (Å²) in [6.07, 6.45) is 0. The minimum Gasteiger partial charge on any atom is -0.493 e. The number of methoxy groups -OCH3 is 1. The fourth-order valence-corrected chi connectivity index (χ4v) is 4.00. The zero-order valence-corrected chi connectivity index (χ0v) is 19.8. The van der Waals surface area contributed by atoms with Gasteiger partial charge in [0.1, 0.15) is 0 Å². The van der Waals surface area contributed by atoms with Crippen molar-refractivity contribution >= 4 is 23.5 Å². The molecule has 4 amide bonds. The monoisotopic (exact) mass is 484 g/mol. The molecule has 0 saturated carbocycles. The number of urea groups is 1. The summed E-state index contributed by atoms with van der Waals surface area (Å²) in [5.74, 6) is -0.433. The molecule has 0 bridgehead atoms. The van der Waals surface area contributed by atoms with Crippen LogP contribution in [0.1, 0.15) is 44.8 Å². The molecule has 2 N–H and O–H groups in total. The highest BCUT2D eigenvalue weighted by atomic mass is 16.5. The second-order valence-electron chi connectivity index (χ2n) is 7.88. The number of nitriles is 1. The normalized spacial score (nSPS) is 13.0. The lowest BCUT2D eigenvalue weighted by Gasteiger charge is -2.21. The standard InChI is InChI=1S/C27H24N4O5/c1-3-36-23-14-18(12-13-22(23)35-2)21(15-28)31-25(32)19-10-7-11-20(24(19)26(31)33)30-27(34)29-16-17-8-5-4-6-9-17/h4-14,21H,3,16H2,1-2H3,(H2,29,30,34). The van der Waals surface area contributed by atoms with E-state index in [1.165, 1.54) is 19.2 Å². The second kappa shape index (κ2) is 10.6. The zero-order chi connectivity index (χ0) is 25.7. The van der Waals surface area contributed by atoms with Gasteiger partial charge >= 0.3 is 6.03 Å². The number of anilines is 1. The van der Waals surface area contributed by atoms with Gasteiger partial charge in [0.25, 0.3) is 11.8 Å². The third-order valence-corrected chi connectivity index (χ3v) is 5.67. The van der Waals surface area contributed by atoms with E-state index in [4.69, 9.17) is 9.47 Å². The smallest absolute Gasteiger partial charge is 0.319 e. The van der Waals surface area contributed by atoms with E-state index < -0.39 is 23.9 Å². The first kappa shape index (κ1) is 24.3. The Morgan fingerprint density at radius 3 is 2.50 bits per heavy atom. The van der Waals surface area contributed by atoms with Crippen LogP contribution in [0.2, 0.25) is 0 Å². The molecule has 36 heavy (non-hydrogen) atoms. The Kier molecular flexibility index (Phi) is 7.16. The van der Waals surface area contributed by atoms with E-state index in [1.54, 1.807) is 24.3 Å². The van der Waals surface area contributed by atoms with Crippen molar-refractivity contribution in [3.63, 3.8) is 0 Å². The molecule has 0 radical (unpaired) electrons. The molecule has 1 heterocycles. The van der Waals surface area contributed by atoms with Crippen LogP contribution in [0.3, 0.4) is 0 Å². The lowest BCUT2D eigenvalue weighted by Crippen LogP contribution is -2.34. The zero-order valence-electron chi connectivity index (χ0n) is 19.8. The van der Waals surface area contributed by atoms with Crippen molar-refractivity contribution in [1.82, 2.24) is 10.2 Å². The average Bonchev–Trinajstić information content (AvgIpc) is 3.15. The summed E-state index contributed by atoms with van der Waals surface area (Å²) in [6.45, 7) is 2.46. The maximum absolute atomic E-state index is 13.4. The number of carbonyl (C=O) groups is 3. The summed E-state index contributed by atoms with van der Waals surface area (Å²) in [4.78, 5) is 40.1. The van der Waals surface area contributed by atoms with E-state index in [2.05, 4.69) is 10.6 Å². The fraction of sp³-hybridized carbons (Fsp3) is 0.185. The first-order valence-corrected chi connectivity index (χ1v) is 11.3. The van der Waals surface area contributed by atoms with Gasteiger partial charge in [0.15, 0.2) is 17.5 Å². The van der Waals surface area contributed by atoms with Crippen molar-refractivity contribution in [2.24, 2.45) is 0 Å². The Labute approximate surface area is 208 Å². The lowest BCUT2D eigenvalue weighted by molar-refractivity contribution is 0.0618. The van der Waals surface area contributed by atoms with E-state index in [-0.39, 0.29) is 23.4 Å². The molecule has 0 aromatic heterocycles. The molecule has 3 aromatic rings. The number of amides is 4. The van der Waals surface area contributed by atoms with Crippen LogP contribution in [0.15, 0.2) is 66.7 Å². The van der Waals surface area contributed by atoms with E-state index >= 15 is 0 Å². The lowest BCUT2D eigenvalue weighted by atomic mass is 10.1. The van der Waals surface area contributed by atoms with E-state index in [0.717, 1.165) is 10.5 Å². The number of hydrogen-bond acceptors (Lipinski definition) is 6. The maximum atomic E-state index is 13.4. The fourth-order valence-electron chi connectivity index (χ4n) is 4.00. The number of carbonyl (C=O) groups excluding carboxylic acids is 3. The van der Waals surface area contributed by atoms with Gasteiger partial charge in [0.2, 0.25) is 0 Å². The highest BCUT2D eigenvalue weighted by Gasteiger charge is 2.42. The van der Waals surface area contributed by atoms with Crippen LogP contribution in [0.4, 0.5) is 10.5 Å². The quantitative estimate of drug-likeness (QED) is 0.461. The Hall–Kier alpha value is -4.84. The third kappa shape index (κ3) is 4.70. The molecule has 0 saturated heterocycles. The van der Waals surface area contributed by atoms with Crippen molar-refractivity contribution in [2.75, 3.05) is 19.0 Å². The van der Waals surface area contributed by atoms with Gasteiger partial charge in [-0.25, -0.2) is 4.79 Å². The summed E-state index contributed by atoms with van der Waals surface area (Å²) in [5, 5.41) is 15.3. The Balaban J connectivity index is 1.59. The highest BCUT2D eigenvalue weighted by Crippen LogP contribution is 2.37. The first-order chi connectivity index (χ1) is 17.5. The van der Waals surface area contributed by atoms with Crippen molar-refractivity contribution in [1.29, 1.82) is 5.26 Å². The van der Waals surface area contributed by atoms with Crippen molar-refractivity contribution < 1.29 is 23.9 Å². The number of nitrogens with one attached hydrogen (secondary N) is 2. The molecule has 0 spiro atoms. The molecule has 9 heteroatoms. The molecule has 1 atom stereocenters. The van der Waals surface area contributed by atoms with E-state index in [9.17, 15) is 19.6 Å². The van der Waals surface area contributed by atoms with E-state index in [0.29, 0.717) is 23.7 Å². The van der Waals surface area contributed by atoms with Gasteiger partial charge in [-0.2, -0.15) is 5.26 Å². The van der Waals surface area contributed by atoms with Crippen LogP contribution in [0.25, 0.3) is 0 Å². The molecule has 0 fully saturated rings. The number of fused-ring (bicyclic) bond motifs is 1. The molecule has 1 aliphatic rings. The van der Waals surface area contributed by atoms with E-state index in [1.807, 2.05) is 43.3 Å². The van der Waals surface area contributed by atoms with Crippen LogP contribution < -0.4 is 20.1 Å². The minimum atomic E-state index is -1.21. The molecule has 1 aliphatic heterocycles. The molecule has 4 rings (SSSR count). The predicted molar refractivity (Wildman–Crippen MR) is 132 cm³/mol. The van der Waals surface area contributed by atoms with Crippen LogP contribution >= 0.6 is 0 Å². The number of hydrogen-bond donors (Lipinski definition) is 2. The summed E-state index contributed by atoms with van der Waals surface area (Å²) in [5.41, 5.74) is 1.63. The van der Waals surface area contributed by atoms with Crippen LogP contribution in [-0.4, -0.2) is 36.5 Å².